The first-order valence-electron chi connectivity index (χ1n) is 15.0. The maximum atomic E-state index is 13.6. The number of carbonyl (C=O) groups excluding carboxylic acids is 1. The molecule has 0 bridgehead atoms. The smallest absolute Gasteiger partial charge is 0.320 e. The topological polar surface area (TPSA) is 35.6 Å². The Bertz CT molecular complexity index is 1120. The first-order valence-corrected chi connectivity index (χ1v) is 15.0. The fourth-order valence-corrected chi connectivity index (χ4v) is 5.36. The van der Waals surface area contributed by atoms with Gasteiger partial charge in [-0.1, -0.05) is 93.9 Å². The van der Waals surface area contributed by atoms with E-state index in [1.165, 1.54) is 42.5 Å². The van der Waals surface area contributed by atoms with E-state index in [4.69, 9.17) is 0 Å². The minimum Gasteiger partial charge on any atom is -0.320 e. The molecular formula is C35H47N3O. The van der Waals surface area contributed by atoms with Crippen molar-refractivity contribution in [2.24, 2.45) is 11.8 Å². The summed E-state index contributed by atoms with van der Waals surface area (Å²) in [6.45, 7) is 11.7. The van der Waals surface area contributed by atoms with E-state index in [-0.39, 0.29) is 6.03 Å². The van der Waals surface area contributed by atoms with Gasteiger partial charge in [0.25, 0.3) is 0 Å². The summed E-state index contributed by atoms with van der Waals surface area (Å²) in [5.74, 6) is 1.28. The largest absolute Gasteiger partial charge is 0.322 e. The molecule has 0 unspecified atom stereocenters. The summed E-state index contributed by atoms with van der Waals surface area (Å²) in [5.41, 5.74) is 5.77. The zero-order valence-electron chi connectivity index (χ0n) is 24.2. The summed E-state index contributed by atoms with van der Waals surface area (Å²) in [7, 11) is 0. The summed E-state index contributed by atoms with van der Waals surface area (Å²) < 4.78 is 0. The van der Waals surface area contributed by atoms with E-state index < -0.39 is 0 Å². The third-order valence-electron chi connectivity index (χ3n) is 7.95. The Morgan fingerprint density at radius 3 is 2.18 bits per heavy atom. The highest BCUT2D eigenvalue weighted by molar-refractivity contribution is 5.89. The van der Waals surface area contributed by atoms with E-state index in [0.29, 0.717) is 12.5 Å². The first kappa shape index (κ1) is 28.9. The molecule has 2 amide bonds. The molecule has 208 valence electrons. The molecule has 4 heteroatoms. The number of benzene rings is 3. The second kappa shape index (κ2) is 14.9. The van der Waals surface area contributed by atoms with Crippen LogP contribution < -0.4 is 5.32 Å². The second-order valence-corrected chi connectivity index (χ2v) is 11.6. The lowest BCUT2D eigenvalue weighted by Crippen LogP contribution is -2.42. The van der Waals surface area contributed by atoms with E-state index >= 15 is 0 Å². The lowest BCUT2D eigenvalue weighted by atomic mass is 9.95. The number of nitrogens with one attached hydrogen (secondary N) is 1. The number of carbonyl (C=O) groups is 1. The first-order chi connectivity index (χ1) is 19.0. The number of unbranched alkanes of at least 4 members (excludes halogenated alkanes) is 1. The maximum Gasteiger partial charge on any atom is 0.322 e. The van der Waals surface area contributed by atoms with Crippen molar-refractivity contribution in [3.05, 3.63) is 90.0 Å². The van der Waals surface area contributed by atoms with Crippen LogP contribution in [0.15, 0.2) is 78.9 Å². The van der Waals surface area contributed by atoms with Crippen LogP contribution in [0, 0.1) is 11.8 Å². The molecule has 0 spiro atoms. The van der Waals surface area contributed by atoms with Crippen LogP contribution in [0.5, 0.6) is 0 Å². The molecule has 0 atom stereocenters. The summed E-state index contributed by atoms with van der Waals surface area (Å²) in [4.78, 5) is 18.2. The Hall–Kier alpha value is -3.11. The molecule has 39 heavy (non-hydrogen) atoms. The fourth-order valence-electron chi connectivity index (χ4n) is 5.36. The van der Waals surface area contributed by atoms with Gasteiger partial charge in [-0.3, -0.25) is 0 Å². The molecule has 1 fully saturated rings. The van der Waals surface area contributed by atoms with Crippen LogP contribution in [-0.4, -0.2) is 42.0 Å². The Labute approximate surface area is 236 Å². The van der Waals surface area contributed by atoms with Crippen LogP contribution in [0.1, 0.15) is 64.0 Å². The van der Waals surface area contributed by atoms with Crippen molar-refractivity contribution < 1.29 is 4.79 Å². The molecule has 4 rings (SSSR count). The van der Waals surface area contributed by atoms with Crippen LogP contribution in [0.2, 0.25) is 0 Å². The monoisotopic (exact) mass is 525 g/mol. The van der Waals surface area contributed by atoms with Gasteiger partial charge in [0.1, 0.15) is 0 Å². The van der Waals surface area contributed by atoms with Crippen LogP contribution in [0.3, 0.4) is 0 Å². The SMILES string of the molecule is CCCCc1ccc(NC(=O)N(Cc2ccc(-c3ccccc3)cc2)CC2CCN(CCC(C)C)CC2)cc1. The zero-order chi connectivity index (χ0) is 27.5. The van der Waals surface area contributed by atoms with Gasteiger partial charge >= 0.3 is 6.03 Å². The Kier molecular flexibility index (Phi) is 11.0. The standard InChI is InChI=1S/C35H47N3O/c1-4-5-9-29-14-18-34(19-15-29)36-35(39)38(27-31-21-24-37(25-22-31)23-20-28(2)3)26-30-12-16-33(17-13-30)32-10-7-6-8-11-32/h6-8,10-19,28,31H,4-5,9,20-27H2,1-3H3,(H,36,39). The van der Waals surface area contributed by atoms with Gasteiger partial charge < -0.3 is 15.1 Å². The van der Waals surface area contributed by atoms with Gasteiger partial charge in [0.15, 0.2) is 0 Å². The van der Waals surface area contributed by atoms with E-state index in [1.807, 2.05) is 23.1 Å². The number of likely N-dealkylation sites (tertiary alicyclic amines) is 1. The predicted molar refractivity (Wildman–Crippen MR) is 165 cm³/mol. The molecular weight excluding hydrogens is 478 g/mol. The molecule has 0 aliphatic carbocycles. The summed E-state index contributed by atoms with van der Waals surface area (Å²) in [5, 5.41) is 3.19. The van der Waals surface area contributed by atoms with E-state index in [9.17, 15) is 4.79 Å². The molecule has 1 N–H and O–H groups in total. The van der Waals surface area contributed by atoms with Gasteiger partial charge in [-0.05, 0) is 98.0 Å². The number of piperidine rings is 1. The Morgan fingerprint density at radius 2 is 1.54 bits per heavy atom. The van der Waals surface area contributed by atoms with Crippen molar-refractivity contribution in [2.45, 2.75) is 65.8 Å². The number of hydrogen-bond donors (Lipinski definition) is 1. The molecule has 1 aliphatic rings. The number of rotatable bonds is 12. The number of anilines is 1. The number of urea groups is 1. The van der Waals surface area contributed by atoms with Crippen LogP contribution in [0.25, 0.3) is 11.1 Å². The minimum atomic E-state index is -0.00863. The Morgan fingerprint density at radius 1 is 0.897 bits per heavy atom. The normalized spacial score (nSPS) is 14.5. The molecule has 0 aromatic heterocycles. The number of nitrogens with zero attached hydrogens (tertiary/aromatic N) is 2. The summed E-state index contributed by atoms with van der Waals surface area (Å²) >= 11 is 0. The van der Waals surface area contributed by atoms with Crippen molar-refractivity contribution in [3.63, 3.8) is 0 Å². The zero-order valence-corrected chi connectivity index (χ0v) is 24.2. The van der Waals surface area contributed by atoms with E-state index in [2.05, 4.69) is 91.7 Å². The van der Waals surface area contributed by atoms with Gasteiger partial charge in [-0.15, -0.1) is 0 Å². The molecule has 3 aromatic rings. The molecule has 0 saturated carbocycles. The molecule has 0 radical (unpaired) electrons. The summed E-state index contributed by atoms with van der Waals surface area (Å²) in [6, 6.07) is 27.5. The average molecular weight is 526 g/mol. The maximum absolute atomic E-state index is 13.6. The lowest BCUT2D eigenvalue weighted by Gasteiger charge is -2.35. The highest BCUT2D eigenvalue weighted by atomic mass is 16.2. The predicted octanol–water partition coefficient (Wildman–Crippen LogP) is 8.49. The summed E-state index contributed by atoms with van der Waals surface area (Å²) in [6.07, 6.45) is 7.04. The highest BCUT2D eigenvalue weighted by Gasteiger charge is 2.24. The second-order valence-electron chi connectivity index (χ2n) is 11.6. The Balaban J connectivity index is 1.41. The molecule has 3 aromatic carbocycles. The van der Waals surface area contributed by atoms with Crippen molar-refractivity contribution >= 4 is 11.7 Å². The molecule has 1 saturated heterocycles. The van der Waals surface area contributed by atoms with Gasteiger partial charge in [0.2, 0.25) is 0 Å². The fraction of sp³-hybridized carbons (Fsp3) is 0.457. The van der Waals surface area contributed by atoms with Gasteiger partial charge in [-0.2, -0.15) is 0 Å². The molecule has 1 aliphatic heterocycles. The molecule has 1 heterocycles. The van der Waals surface area contributed by atoms with Crippen molar-refractivity contribution in [2.75, 3.05) is 31.5 Å². The van der Waals surface area contributed by atoms with Gasteiger partial charge in [0, 0.05) is 18.8 Å². The minimum absolute atomic E-state index is 0.00863. The quantitative estimate of drug-likeness (QED) is 0.257. The van der Waals surface area contributed by atoms with Crippen molar-refractivity contribution in [1.29, 1.82) is 0 Å². The lowest BCUT2D eigenvalue weighted by molar-refractivity contribution is 0.144. The molecule has 4 nitrogen and oxygen atoms in total. The van der Waals surface area contributed by atoms with Crippen LogP contribution >= 0.6 is 0 Å². The third-order valence-corrected chi connectivity index (χ3v) is 7.95. The number of hydrogen-bond acceptors (Lipinski definition) is 2. The number of amides is 2. The van der Waals surface area contributed by atoms with Crippen LogP contribution in [-0.2, 0) is 13.0 Å². The van der Waals surface area contributed by atoms with Crippen molar-refractivity contribution in [3.8, 4) is 11.1 Å². The van der Waals surface area contributed by atoms with Gasteiger partial charge in [-0.25, -0.2) is 4.79 Å². The average Bonchev–Trinajstić information content (AvgIpc) is 2.97. The van der Waals surface area contributed by atoms with E-state index in [1.54, 1.807) is 0 Å². The van der Waals surface area contributed by atoms with Gasteiger partial charge in [0.05, 0.1) is 0 Å². The third kappa shape index (κ3) is 9.25. The van der Waals surface area contributed by atoms with Crippen molar-refractivity contribution in [1.82, 2.24) is 9.80 Å². The van der Waals surface area contributed by atoms with Crippen LogP contribution in [0.4, 0.5) is 10.5 Å². The highest BCUT2D eigenvalue weighted by Crippen LogP contribution is 2.23. The van der Waals surface area contributed by atoms with E-state index in [0.717, 1.165) is 56.1 Å². The number of aryl methyl sites for hydroxylation is 1.